The van der Waals surface area contributed by atoms with Gasteiger partial charge in [-0.1, -0.05) is 0 Å². The normalized spacial score (nSPS) is 11.2. The molecular formula is C5H10ClNO3S. The van der Waals surface area contributed by atoms with E-state index in [0.717, 1.165) is 0 Å². The second-order valence-corrected chi connectivity index (χ2v) is 4.87. The zero-order chi connectivity index (χ0) is 9.07. The Kier molecular flexibility index (Phi) is 3.82. The topological polar surface area (TPSA) is 54.5 Å². The molecule has 0 fully saturated rings. The highest BCUT2D eigenvalue weighted by atomic mass is 35.7. The summed E-state index contributed by atoms with van der Waals surface area (Å²) in [6.07, 6.45) is 0. The third kappa shape index (κ3) is 5.03. The molecule has 0 saturated heterocycles. The van der Waals surface area contributed by atoms with E-state index in [4.69, 9.17) is 10.7 Å². The lowest BCUT2D eigenvalue weighted by molar-refractivity contribution is -0.126. The summed E-state index contributed by atoms with van der Waals surface area (Å²) >= 11 is 0. The Hall–Kier alpha value is -0.290. The van der Waals surface area contributed by atoms with Crippen molar-refractivity contribution in [2.24, 2.45) is 0 Å². The quantitative estimate of drug-likeness (QED) is 0.603. The Labute approximate surface area is 70.6 Å². The van der Waals surface area contributed by atoms with Gasteiger partial charge in [-0.05, 0) is 6.92 Å². The summed E-state index contributed by atoms with van der Waals surface area (Å²) < 4.78 is 20.8. The molecule has 0 aliphatic heterocycles. The van der Waals surface area contributed by atoms with Crippen LogP contribution in [-0.4, -0.2) is 38.6 Å². The molecule has 1 amide bonds. The maximum absolute atomic E-state index is 10.9. The molecule has 0 aromatic heterocycles. The first kappa shape index (κ1) is 10.7. The van der Waals surface area contributed by atoms with E-state index in [0.29, 0.717) is 6.54 Å². The summed E-state index contributed by atoms with van der Waals surface area (Å²) in [7, 11) is 2.67. The van der Waals surface area contributed by atoms with Crippen molar-refractivity contribution in [3.63, 3.8) is 0 Å². The first-order valence-corrected chi connectivity index (χ1v) is 5.51. The van der Waals surface area contributed by atoms with Gasteiger partial charge in [0.1, 0.15) is 5.75 Å². The van der Waals surface area contributed by atoms with Gasteiger partial charge in [0.15, 0.2) is 0 Å². The maximum Gasteiger partial charge on any atom is 0.241 e. The Balaban J connectivity index is 4.10. The number of carbonyl (C=O) groups is 1. The molecule has 11 heavy (non-hydrogen) atoms. The number of hydrogen-bond donors (Lipinski definition) is 0. The summed E-state index contributed by atoms with van der Waals surface area (Å²) in [5, 5.41) is 0. The average molecular weight is 200 g/mol. The Bertz CT molecular complexity index is 236. The largest absolute Gasteiger partial charge is 0.345 e. The fraction of sp³-hybridized carbons (Fsp3) is 0.800. The van der Waals surface area contributed by atoms with Crippen molar-refractivity contribution in [3.05, 3.63) is 0 Å². The summed E-state index contributed by atoms with van der Waals surface area (Å²) in [5.74, 6) is -1.11. The van der Waals surface area contributed by atoms with Crippen LogP contribution < -0.4 is 0 Å². The van der Waals surface area contributed by atoms with Gasteiger partial charge in [0.05, 0.1) is 0 Å². The molecule has 0 aliphatic rings. The molecule has 0 bridgehead atoms. The number of amides is 1. The van der Waals surface area contributed by atoms with E-state index in [1.54, 1.807) is 6.92 Å². The minimum absolute atomic E-state index is 0.477. The molecule has 0 aliphatic carbocycles. The van der Waals surface area contributed by atoms with Crippen LogP contribution in [0.15, 0.2) is 0 Å². The van der Waals surface area contributed by atoms with E-state index in [-0.39, 0.29) is 0 Å². The molecule has 0 spiro atoms. The molecule has 0 aromatic carbocycles. The van der Waals surface area contributed by atoms with Crippen LogP contribution in [-0.2, 0) is 13.8 Å². The van der Waals surface area contributed by atoms with E-state index in [1.165, 1.54) is 11.9 Å². The van der Waals surface area contributed by atoms with Crippen molar-refractivity contribution in [2.45, 2.75) is 6.92 Å². The molecule has 6 heteroatoms. The molecule has 0 saturated carbocycles. The van der Waals surface area contributed by atoms with Crippen molar-refractivity contribution < 1.29 is 13.2 Å². The summed E-state index contributed by atoms with van der Waals surface area (Å²) in [6.45, 7) is 2.23. The van der Waals surface area contributed by atoms with Gasteiger partial charge < -0.3 is 4.90 Å². The van der Waals surface area contributed by atoms with Crippen molar-refractivity contribution in [1.29, 1.82) is 0 Å². The van der Waals surface area contributed by atoms with E-state index >= 15 is 0 Å². The van der Waals surface area contributed by atoms with Crippen molar-refractivity contribution in [3.8, 4) is 0 Å². The van der Waals surface area contributed by atoms with E-state index in [9.17, 15) is 13.2 Å². The average Bonchev–Trinajstić information content (AvgIpc) is 1.82. The number of carbonyl (C=O) groups excluding carboxylic acids is 1. The summed E-state index contributed by atoms with van der Waals surface area (Å²) in [4.78, 5) is 12.1. The minimum atomic E-state index is -3.70. The Morgan fingerprint density at radius 3 is 2.27 bits per heavy atom. The monoisotopic (exact) mass is 199 g/mol. The van der Waals surface area contributed by atoms with E-state index in [1.807, 2.05) is 0 Å². The van der Waals surface area contributed by atoms with Crippen LogP contribution in [0.1, 0.15) is 6.92 Å². The lowest BCUT2D eigenvalue weighted by atomic mass is 10.5. The molecule has 0 aromatic rings. The van der Waals surface area contributed by atoms with Crippen LogP contribution in [0.25, 0.3) is 0 Å². The van der Waals surface area contributed by atoms with Crippen LogP contribution in [0.2, 0.25) is 0 Å². The number of nitrogens with zero attached hydrogens (tertiary/aromatic N) is 1. The molecule has 0 heterocycles. The second-order valence-electron chi connectivity index (χ2n) is 2.09. The lowest BCUT2D eigenvalue weighted by Crippen LogP contribution is -2.30. The molecule has 0 N–H and O–H groups in total. The van der Waals surface area contributed by atoms with E-state index < -0.39 is 20.7 Å². The van der Waals surface area contributed by atoms with Gasteiger partial charge in [-0.15, -0.1) is 0 Å². The van der Waals surface area contributed by atoms with Crippen LogP contribution in [0.3, 0.4) is 0 Å². The first-order chi connectivity index (χ1) is 4.87. The number of halogens is 1. The van der Waals surface area contributed by atoms with Crippen molar-refractivity contribution in [1.82, 2.24) is 4.90 Å². The SMILES string of the molecule is CCN(C)C(=O)CS(=O)(=O)Cl. The number of rotatable bonds is 3. The molecule has 66 valence electrons. The van der Waals surface area contributed by atoms with Crippen LogP contribution in [0.5, 0.6) is 0 Å². The first-order valence-electron chi connectivity index (χ1n) is 3.03. The third-order valence-electron chi connectivity index (χ3n) is 1.20. The fourth-order valence-corrected chi connectivity index (χ4v) is 1.23. The van der Waals surface area contributed by atoms with Crippen LogP contribution in [0.4, 0.5) is 0 Å². The fourth-order valence-electron chi connectivity index (χ4n) is 0.434. The predicted molar refractivity (Wildman–Crippen MR) is 43.0 cm³/mol. The van der Waals surface area contributed by atoms with E-state index in [2.05, 4.69) is 0 Å². The van der Waals surface area contributed by atoms with Gasteiger partial charge in [-0.3, -0.25) is 4.79 Å². The van der Waals surface area contributed by atoms with Crippen molar-refractivity contribution in [2.75, 3.05) is 19.3 Å². The highest BCUT2D eigenvalue weighted by Crippen LogP contribution is 1.97. The van der Waals surface area contributed by atoms with Gasteiger partial charge >= 0.3 is 0 Å². The summed E-state index contributed by atoms with van der Waals surface area (Å²) in [5.41, 5.74) is 0. The van der Waals surface area contributed by atoms with Gasteiger partial charge in [-0.25, -0.2) is 8.42 Å². The maximum atomic E-state index is 10.9. The van der Waals surface area contributed by atoms with Gasteiger partial charge in [-0.2, -0.15) is 0 Å². The Morgan fingerprint density at radius 2 is 2.00 bits per heavy atom. The zero-order valence-corrected chi connectivity index (χ0v) is 7.94. The highest BCUT2D eigenvalue weighted by molar-refractivity contribution is 8.14. The predicted octanol–water partition coefficient (Wildman–Crippen LogP) is 0.0333. The molecule has 0 unspecified atom stereocenters. The molecule has 4 nitrogen and oxygen atoms in total. The van der Waals surface area contributed by atoms with Gasteiger partial charge in [0, 0.05) is 24.3 Å². The van der Waals surface area contributed by atoms with Gasteiger partial charge in [0.2, 0.25) is 15.0 Å². The Morgan fingerprint density at radius 1 is 1.55 bits per heavy atom. The molecule has 0 rings (SSSR count). The minimum Gasteiger partial charge on any atom is -0.345 e. The van der Waals surface area contributed by atoms with Crippen molar-refractivity contribution >= 4 is 25.6 Å². The molecule has 0 atom stereocenters. The third-order valence-corrected chi connectivity index (χ3v) is 2.12. The summed E-state index contributed by atoms with van der Waals surface area (Å²) in [6, 6.07) is 0. The van der Waals surface area contributed by atoms with Gasteiger partial charge in [0.25, 0.3) is 0 Å². The smallest absolute Gasteiger partial charge is 0.241 e. The lowest BCUT2D eigenvalue weighted by Gasteiger charge is -2.12. The zero-order valence-electron chi connectivity index (χ0n) is 6.37. The standard InChI is InChI=1S/C5H10ClNO3S/c1-3-7(2)5(8)4-11(6,9)10/h3-4H2,1-2H3. The number of hydrogen-bond acceptors (Lipinski definition) is 3. The molecular weight excluding hydrogens is 190 g/mol. The second kappa shape index (κ2) is 3.92. The highest BCUT2D eigenvalue weighted by Gasteiger charge is 2.15. The molecule has 0 radical (unpaired) electrons. The van der Waals surface area contributed by atoms with Crippen LogP contribution >= 0.6 is 10.7 Å². The van der Waals surface area contributed by atoms with Crippen LogP contribution in [0, 0.1) is 0 Å².